The van der Waals surface area contributed by atoms with Gasteiger partial charge in [0.1, 0.15) is 58.7 Å². The number of ether oxygens (including phenoxy) is 2. The smallest absolute Gasteiger partial charge is 0.348 e. The fraction of sp³-hybridized carbons (Fsp3) is 0.262. The third-order valence-corrected chi connectivity index (χ3v) is 17.5. The lowest BCUT2D eigenvalue weighted by atomic mass is 9.74. The summed E-state index contributed by atoms with van der Waals surface area (Å²) in [6.45, 7) is 17.1. The van der Waals surface area contributed by atoms with Crippen LogP contribution in [-0.4, -0.2) is 26.2 Å². The molecular formula is C84H78N8O4. The van der Waals surface area contributed by atoms with Crippen LogP contribution in [0.25, 0.3) is 24.3 Å². The Bertz CT molecular complexity index is 4240. The van der Waals surface area contributed by atoms with Gasteiger partial charge in [-0.2, -0.15) is 31.6 Å². The van der Waals surface area contributed by atoms with Crippen molar-refractivity contribution < 1.29 is 19.1 Å². The zero-order chi connectivity index (χ0) is 69.0. The predicted molar refractivity (Wildman–Crippen MR) is 382 cm³/mol. The number of carbonyl (C=O) groups is 2. The lowest BCUT2D eigenvalue weighted by molar-refractivity contribution is -0.136. The van der Waals surface area contributed by atoms with Gasteiger partial charge in [-0.1, -0.05) is 177 Å². The second-order valence-corrected chi connectivity index (χ2v) is 28.1. The second-order valence-electron chi connectivity index (χ2n) is 28.1. The van der Waals surface area contributed by atoms with Gasteiger partial charge in [-0.25, -0.2) is 9.59 Å². The number of esters is 2. The summed E-state index contributed by atoms with van der Waals surface area (Å²) in [5.74, 6) is -1.28. The van der Waals surface area contributed by atoms with E-state index >= 15 is 0 Å². The monoisotopic (exact) mass is 1260 g/mol. The van der Waals surface area contributed by atoms with Crippen LogP contribution >= 0.6 is 0 Å². The summed E-state index contributed by atoms with van der Waals surface area (Å²) in [4.78, 5) is 29.6. The Labute approximate surface area is 565 Å². The molecule has 5 aromatic carbocycles. The maximum absolute atomic E-state index is 12.6. The van der Waals surface area contributed by atoms with E-state index in [9.17, 15) is 41.2 Å². The molecule has 0 atom stereocenters. The van der Waals surface area contributed by atoms with Gasteiger partial charge in [0.2, 0.25) is 0 Å². The third-order valence-electron chi connectivity index (χ3n) is 17.5. The standard InChI is InChI=1S/C84H78N8O4/c1-81(2)43-61(39-65(47-81)69(51-85)52-86)15-11-57-19-27-71(28-20-57)91(72-29-21-58(22-30-72)12-16-62-40-66(70(53-87)54-88)48-82(3,4)44-62)75-35-37-76(38-36-75)92(73-31-23-59(24-32-73)13-17-63-41-67(49-83(5,6)45-63)77(55-89)79(93)95-9)74-33-25-60(26-34-74)14-18-64-42-68(50-84(7,8)46-64)78(56-90)80(94)96-10/h11-42H,43-50H2,1-10H3/b15-11+,16-12+,17-13+,18-14+,77-67+,78-68+. The molecule has 0 aromatic heterocycles. The summed E-state index contributed by atoms with van der Waals surface area (Å²) < 4.78 is 9.91. The van der Waals surface area contributed by atoms with Crippen molar-refractivity contribution in [2.24, 2.45) is 21.7 Å². The first-order valence-corrected chi connectivity index (χ1v) is 32.0. The van der Waals surface area contributed by atoms with Crippen LogP contribution in [0.1, 0.15) is 129 Å². The molecule has 478 valence electrons. The first-order chi connectivity index (χ1) is 45.9. The van der Waals surface area contributed by atoms with E-state index in [0.717, 1.165) is 116 Å². The summed E-state index contributed by atoms with van der Waals surface area (Å²) in [6, 6.07) is 54.4. The van der Waals surface area contributed by atoms with Crippen molar-refractivity contribution in [3.8, 4) is 36.4 Å². The van der Waals surface area contributed by atoms with E-state index in [1.54, 1.807) is 0 Å². The van der Waals surface area contributed by atoms with Gasteiger partial charge in [0.05, 0.1) is 14.2 Å². The van der Waals surface area contributed by atoms with Crippen molar-refractivity contribution >= 4 is 70.4 Å². The first kappa shape index (κ1) is 68.8. The van der Waals surface area contributed by atoms with Crippen LogP contribution in [0.15, 0.2) is 237 Å². The molecule has 12 heteroatoms. The van der Waals surface area contributed by atoms with Gasteiger partial charge < -0.3 is 19.3 Å². The molecule has 9 rings (SSSR count). The normalized spacial score (nSPS) is 18.0. The molecule has 0 fully saturated rings. The molecule has 0 heterocycles. The van der Waals surface area contributed by atoms with Gasteiger partial charge in [0, 0.05) is 34.1 Å². The maximum Gasteiger partial charge on any atom is 0.348 e. The van der Waals surface area contributed by atoms with Crippen LogP contribution in [0.3, 0.4) is 0 Å². The summed E-state index contributed by atoms with van der Waals surface area (Å²) in [7, 11) is 2.57. The van der Waals surface area contributed by atoms with Crippen LogP contribution in [0.4, 0.5) is 34.1 Å². The molecule has 5 aromatic rings. The fourth-order valence-electron chi connectivity index (χ4n) is 13.3. The highest BCUT2D eigenvalue weighted by Gasteiger charge is 2.32. The molecule has 0 N–H and O–H groups in total. The van der Waals surface area contributed by atoms with Crippen molar-refractivity contribution in [2.75, 3.05) is 24.0 Å². The summed E-state index contributed by atoms with van der Waals surface area (Å²) in [5, 5.41) is 58.7. The SMILES string of the molecule is COC(=O)/C(C#N)=C1C=C(/C=C/c2ccc(N(c3ccc(/C=C/C4=CC(=C(/C#N)C(=O)OC)/CC(C)(C)C4)cc3)c3ccc(N(c4ccc(/C=C/C5=CC(=C(C#N)C#N)CC(C)(C)C5)cc4)c4ccc(/C=C/C5=CC(=C(C#N)C#N)CC(C)(C)C5)cc4)cc3)cc2)CC(C)(C)C\1. The van der Waals surface area contributed by atoms with Crippen molar-refractivity contribution in [1.29, 1.82) is 31.6 Å². The quantitative estimate of drug-likeness (QED) is 0.0515. The molecule has 0 aliphatic heterocycles. The number of methoxy groups -OCH3 is 2. The van der Waals surface area contributed by atoms with E-state index in [4.69, 9.17) is 9.47 Å². The molecule has 0 radical (unpaired) electrons. The molecule has 12 nitrogen and oxygen atoms in total. The molecular weight excluding hydrogens is 1180 g/mol. The summed E-state index contributed by atoms with van der Waals surface area (Å²) >= 11 is 0. The largest absolute Gasteiger partial charge is 0.465 e. The number of anilines is 6. The number of allylic oxidation sites excluding steroid dienone is 18. The van der Waals surface area contributed by atoms with Crippen LogP contribution in [0.5, 0.6) is 0 Å². The zero-order valence-electron chi connectivity index (χ0n) is 56.3. The minimum absolute atomic E-state index is 0.0221. The zero-order valence-corrected chi connectivity index (χ0v) is 56.3. The Morgan fingerprint density at radius 3 is 0.740 bits per heavy atom. The highest BCUT2D eigenvalue weighted by Crippen LogP contribution is 2.45. The lowest BCUT2D eigenvalue weighted by Crippen LogP contribution is -2.19. The van der Waals surface area contributed by atoms with E-state index in [0.29, 0.717) is 36.8 Å². The molecule has 96 heavy (non-hydrogen) atoms. The minimum Gasteiger partial charge on any atom is -0.465 e. The van der Waals surface area contributed by atoms with Crippen LogP contribution in [0, 0.1) is 89.6 Å². The summed E-state index contributed by atoms with van der Waals surface area (Å²) in [6.07, 6.45) is 29.9. The lowest BCUT2D eigenvalue weighted by Gasteiger charge is -2.30. The van der Waals surface area contributed by atoms with Gasteiger partial charge >= 0.3 is 11.9 Å². The van der Waals surface area contributed by atoms with Crippen LogP contribution < -0.4 is 9.80 Å². The average molecular weight is 1260 g/mol. The van der Waals surface area contributed by atoms with Crippen molar-refractivity contribution in [3.63, 3.8) is 0 Å². The molecule has 4 aliphatic carbocycles. The molecule has 4 aliphatic rings. The molecule has 0 spiro atoms. The Balaban J connectivity index is 1.09. The van der Waals surface area contributed by atoms with Crippen molar-refractivity contribution in [3.05, 3.63) is 259 Å². The number of benzene rings is 5. The van der Waals surface area contributed by atoms with E-state index in [1.807, 2.05) is 24.3 Å². The van der Waals surface area contributed by atoms with Crippen LogP contribution in [0.2, 0.25) is 0 Å². The average Bonchev–Trinajstić information content (AvgIpc) is 0.795. The summed E-state index contributed by atoms with van der Waals surface area (Å²) in [5.41, 5.74) is 16.0. The Morgan fingerprint density at radius 1 is 0.323 bits per heavy atom. The highest BCUT2D eigenvalue weighted by atomic mass is 16.5. The van der Waals surface area contributed by atoms with E-state index in [-0.39, 0.29) is 44.0 Å². The molecule has 0 amide bonds. The fourth-order valence-corrected chi connectivity index (χ4v) is 13.3. The molecule has 0 saturated heterocycles. The second kappa shape index (κ2) is 29.6. The van der Waals surface area contributed by atoms with E-state index < -0.39 is 11.9 Å². The van der Waals surface area contributed by atoms with Gasteiger partial charge in [0.15, 0.2) is 0 Å². The van der Waals surface area contributed by atoms with Crippen LogP contribution in [-0.2, 0) is 19.1 Å². The predicted octanol–water partition coefficient (Wildman–Crippen LogP) is 20.3. The minimum atomic E-state index is -0.640. The van der Waals surface area contributed by atoms with Gasteiger partial charge in [-0.3, -0.25) is 0 Å². The Hall–Kier alpha value is -11.5. The number of nitrogens with zero attached hydrogens (tertiary/aromatic N) is 8. The molecule has 0 saturated carbocycles. The topological polar surface area (TPSA) is 202 Å². The number of nitriles is 6. The Morgan fingerprint density at radius 2 is 0.531 bits per heavy atom. The van der Waals surface area contributed by atoms with E-state index in [2.05, 4.69) is 272 Å². The maximum atomic E-state index is 12.6. The Kier molecular flexibility index (Phi) is 21.2. The highest BCUT2D eigenvalue weighted by molar-refractivity contribution is 5.95. The van der Waals surface area contributed by atoms with Gasteiger partial charge in [0.25, 0.3) is 0 Å². The first-order valence-electron chi connectivity index (χ1n) is 32.0. The van der Waals surface area contributed by atoms with Gasteiger partial charge in [-0.05, 0) is 213 Å². The number of hydrogen-bond donors (Lipinski definition) is 0. The third kappa shape index (κ3) is 17.2. The molecule has 0 bridgehead atoms. The number of carbonyl (C=O) groups excluding carboxylic acids is 2. The molecule has 0 unspecified atom stereocenters. The van der Waals surface area contributed by atoms with Crippen molar-refractivity contribution in [1.82, 2.24) is 0 Å². The van der Waals surface area contributed by atoms with E-state index in [1.165, 1.54) is 14.2 Å². The number of rotatable bonds is 16. The number of hydrogen-bond acceptors (Lipinski definition) is 12. The van der Waals surface area contributed by atoms with Gasteiger partial charge in [-0.15, -0.1) is 0 Å². The van der Waals surface area contributed by atoms with Crippen molar-refractivity contribution in [2.45, 2.75) is 107 Å².